The normalized spacial score (nSPS) is 14.8. The lowest BCUT2D eigenvalue weighted by Crippen LogP contribution is -2.61. The fourth-order valence-corrected chi connectivity index (χ4v) is 7.19. The number of hydrogen-bond donors (Lipinski definition) is 13. The second-order valence-electron chi connectivity index (χ2n) is 16.8. The van der Waals surface area contributed by atoms with E-state index in [9.17, 15) is 73.2 Å². The number of nitrogens with two attached hydrogens (primary N) is 1. The van der Waals surface area contributed by atoms with Crippen molar-refractivity contribution in [2.24, 2.45) is 11.7 Å². The number of carboxylic acids is 4. The Morgan fingerprint density at radius 2 is 1.00 bits per heavy atom. The molecule has 0 radical (unpaired) electrons. The molecule has 0 aliphatic rings. The third kappa shape index (κ3) is 22.0. The summed E-state index contributed by atoms with van der Waals surface area (Å²) < 4.78 is 0. The molecule has 0 saturated heterocycles. The van der Waals surface area contributed by atoms with Gasteiger partial charge in [0, 0.05) is 19.3 Å². The lowest BCUT2D eigenvalue weighted by molar-refractivity contribution is -0.143. The highest BCUT2D eigenvalue weighted by Crippen LogP contribution is 2.12. The van der Waals surface area contributed by atoms with Crippen molar-refractivity contribution in [3.05, 3.63) is 71.8 Å². The molecule has 0 aromatic heterocycles. The summed E-state index contributed by atoms with van der Waals surface area (Å²) in [5, 5.41) is 65.8. The highest BCUT2D eigenvalue weighted by molar-refractivity contribution is 7.98. The van der Waals surface area contributed by atoms with Crippen molar-refractivity contribution in [3.8, 4) is 0 Å². The predicted molar refractivity (Wildman–Crippen MR) is 255 cm³/mol. The van der Waals surface area contributed by atoms with Crippen LogP contribution < -0.4 is 43.0 Å². The van der Waals surface area contributed by atoms with Gasteiger partial charge < -0.3 is 68.5 Å². The number of carbonyl (C=O) groups is 11. The van der Waals surface area contributed by atoms with Crippen LogP contribution in [0, 0.1) is 5.92 Å². The average Bonchev–Trinajstić information content (AvgIpc) is 3.31. The summed E-state index contributed by atoms with van der Waals surface area (Å²) >= 11 is 1.33. The van der Waals surface area contributed by atoms with Crippen molar-refractivity contribution in [2.45, 2.75) is 127 Å². The van der Waals surface area contributed by atoms with Gasteiger partial charge in [0.15, 0.2) is 6.10 Å². The van der Waals surface area contributed by atoms with Crippen LogP contribution in [0.3, 0.4) is 0 Å². The summed E-state index contributed by atoms with van der Waals surface area (Å²) in [6, 6.07) is 4.48. The van der Waals surface area contributed by atoms with Gasteiger partial charge in [0.05, 0.1) is 18.5 Å². The molecule has 2 aromatic carbocycles. The van der Waals surface area contributed by atoms with Crippen molar-refractivity contribution < 1.29 is 78.3 Å². The van der Waals surface area contributed by atoms with E-state index in [0.717, 1.165) is 6.92 Å². The number of carboxylic acid groups (broad SMARTS) is 4. The first kappa shape index (κ1) is 60.0. The summed E-state index contributed by atoms with van der Waals surface area (Å²) in [6.07, 6.45) is -3.66. The van der Waals surface area contributed by atoms with Crippen LogP contribution in [0.25, 0.3) is 0 Å². The molecule has 0 spiro atoms. The molecule has 0 saturated carbocycles. The van der Waals surface area contributed by atoms with Gasteiger partial charge in [0.1, 0.15) is 36.3 Å². The van der Waals surface area contributed by atoms with Gasteiger partial charge in [0.2, 0.25) is 35.4 Å². The molecule has 0 unspecified atom stereocenters. The molecule has 0 fully saturated rings. The average molecular weight is 1020 g/mol. The lowest BCUT2D eigenvalue weighted by Gasteiger charge is -2.29. The standard InChI is InChI=1S/C46H64N8O16S/c1-24(2)37(54-40(63)28(47)15-17-34(55)56)44(67)50-30(19-20-71-4)42(65)51-31(21-26-11-7-5-8-12-26)38(61)45(68)52-32(23-36(59)60)43(66)48-25(3)39(62)49-29(16-18-35(57)58)41(64)53-33(46(69)70)22-27-13-9-6-10-14-27/h5-14,24-25,28-33,37-38,61H,15-23,47H2,1-4H3,(H,48,66)(H,49,62)(H,50,67)(H,51,65)(H,52,68)(H,53,64)(H,54,63)(H,55,56)(H,57,58)(H,59,60)(H,69,70)/t25-,28-,29-,30-,31-,32-,33-,37-,38+/m0/s1. The van der Waals surface area contributed by atoms with Crippen LogP contribution in [-0.2, 0) is 65.6 Å². The van der Waals surface area contributed by atoms with E-state index in [4.69, 9.17) is 10.8 Å². The number of aliphatic hydroxyl groups excluding tert-OH is 1. The quantitative estimate of drug-likeness (QED) is 0.0387. The fraction of sp³-hybridized carbons (Fsp3) is 0.500. The molecule has 24 nitrogen and oxygen atoms in total. The summed E-state index contributed by atoms with van der Waals surface area (Å²) in [6.45, 7) is 4.34. The number of thioether (sulfide) groups is 1. The minimum atomic E-state index is -2.19. The minimum Gasteiger partial charge on any atom is -0.481 e. The van der Waals surface area contributed by atoms with Gasteiger partial charge in [0.25, 0.3) is 5.91 Å². The second-order valence-corrected chi connectivity index (χ2v) is 17.8. The van der Waals surface area contributed by atoms with Gasteiger partial charge in [-0.05, 0) is 61.7 Å². The summed E-state index contributed by atoms with van der Waals surface area (Å²) in [7, 11) is 0. The maximum Gasteiger partial charge on any atom is 0.326 e. The first-order valence-electron chi connectivity index (χ1n) is 22.4. The lowest BCUT2D eigenvalue weighted by atomic mass is 9.99. The number of benzene rings is 2. The van der Waals surface area contributed by atoms with Crippen LogP contribution >= 0.6 is 11.8 Å². The van der Waals surface area contributed by atoms with Crippen LogP contribution in [0.4, 0.5) is 0 Å². The number of hydrogen-bond acceptors (Lipinski definition) is 14. The van der Waals surface area contributed by atoms with Gasteiger partial charge in [-0.25, -0.2) is 4.79 Å². The smallest absolute Gasteiger partial charge is 0.326 e. The molecular formula is C46H64N8O16S. The first-order chi connectivity index (χ1) is 33.4. The number of amides is 7. The van der Waals surface area contributed by atoms with Crippen LogP contribution in [-0.4, -0.2) is 157 Å². The Labute approximate surface area is 413 Å². The number of aliphatic hydroxyl groups is 1. The van der Waals surface area contributed by atoms with Gasteiger partial charge >= 0.3 is 23.9 Å². The van der Waals surface area contributed by atoms with Crippen LogP contribution in [0.2, 0.25) is 0 Å². The van der Waals surface area contributed by atoms with E-state index in [1.54, 1.807) is 80.8 Å². The third-order valence-electron chi connectivity index (χ3n) is 10.7. The van der Waals surface area contributed by atoms with Crippen LogP contribution in [0.15, 0.2) is 60.7 Å². The molecule has 0 bridgehead atoms. The SMILES string of the molecule is CSCC[C@H](NC(=O)[C@@H](NC(=O)[C@@H](N)CCC(=O)O)C(C)C)C(=O)N[C@@H](Cc1ccccc1)[C@@H](O)C(=O)N[C@@H](CC(=O)O)C(=O)N[C@@H](C)C(=O)N[C@@H](CCC(=O)O)C(=O)N[C@@H](Cc1ccccc1)C(=O)O. The second kappa shape index (κ2) is 30.5. The summed E-state index contributed by atoms with van der Waals surface area (Å²) in [5.74, 6) is -13.0. The van der Waals surface area contributed by atoms with Gasteiger partial charge in [-0.2, -0.15) is 11.8 Å². The van der Waals surface area contributed by atoms with E-state index in [1.165, 1.54) is 11.8 Å². The molecule has 2 rings (SSSR count). The van der Waals surface area contributed by atoms with E-state index in [-0.39, 0.29) is 25.7 Å². The van der Waals surface area contributed by atoms with Crippen molar-refractivity contribution >= 4 is 77.0 Å². The minimum absolute atomic E-state index is 0.0185. The van der Waals surface area contributed by atoms with E-state index < -0.39 is 151 Å². The van der Waals surface area contributed by atoms with E-state index >= 15 is 0 Å². The maximum absolute atomic E-state index is 14.0. The Morgan fingerprint density at radius 3 is 1.52 bits per heavy atom. The molecule has 0 aliphatic carbocycles. The summed E-state index contributed by atoms with van der Waals surface area (Å²) in [4.78, 5) is 141. The number of aliphatic carboxylic acids is 4. The highest BCUT2D eigenvalue weighted by Gasteiger charge is 2.36. The van der Waals surface area contributed by atoms with Crippen molar-refractivity contribution in [1.29, 1.82) is 0 Å². The maximum atomic E-state index is 14.0. The zero-order valence-electron chi connectivity index (χ0n) is 39.6. The van der Waals surface area contributed by atoms with Crippen LogP contribution in [0.5, 0.6) is 0 Å². The molecule has 0 aliphatic heterocycles. The monoisotopic (exact) mass is 1020 g/mol. The molecule has 25 heteroatoms. The predicted octanol–water partition coefficient (Wildman–Crippen LogP) is -1.73. The molecule has 7 amide bonds. The molecule has 71 heavy (non-hydrogen) atoms. The molecular weight excluding hydrogens is 953 g/mol. The molecule has 14 N–H and O–H groups in total. The third-order valence-corrected chi connectivity index (χ3v) is 11.4. The largest absolute Gasteiger partial charge is 0.481 e. The number of nitrogens with one attached hydrogen (secondary N) is 7. The van der Waals surface area contributed by atoms with Gasteiger partial charge in [-0.15, -0.1) is 0 Å². The Hall–Kier alpha value is -7.12. The zero-order valence-corrected chi connectivity index (χ0v) is 40.4. The zero-order chi connectivity index (χ0) is 53.4. The Bertz CT molecular complexity index is 2170. The fourth-order valence-electron chi connectivity index (χ4n) is 6.72. The van der Waals surface area contributed by atoms with Gasteiger partial charge in [-0.3, -0.25) is 47.9 Å². The van der Waals surface area contributed by atoms with Crippen molar-refractivity contribution in [3.63, 3.8) is 0 Å². The van der Waals surface area contributed by atoms with E-state index in [0.29, 0.717) is 16.9 Å². The van der Waals surface area contributed by atoms with Crippen molar-refractivity contribution in [2.75, 3.05) is 12.0 Å². The van der Waals surface area contributed by atoms with Crippen LogP contribution in [0.1, 0.15) is 70.4 Å². The molecule has 9 atom stereocenters. The highest BCUT2D eigenvalue weighted by atomic mass is 32.2. The van der Waals surface area contributed by atoms with E-state index in [1.807, 2.05) is 0 Å². The Morgan fingerprint density at radius 1 is 0.521 bits per heavy atom. The summed E-state index contributed by atoms with van der Waals surface area (Å²) in [5.41, 5.74) is 6.89. The topological polar surface area (TPSA) is 399 Å². The van der Waals surface area contributed by atoms with Crippen molar-refractivity contribution in [1.82, 2.24) is 37.2 Å². The Kier molecular flexibility index (Phi) is 25.8. The number of rotatable bonds is 32. The van der Waals surface area contributed by atoms with Gasteiger partial charge in [-0.1, -0.05) is 74.5 Å². The Balaban J connectivity index is 2.31. The molecule has 2 aromatic rings. The first-order valence-corrected chi connectivity index (χ1v) is 23.8. The molecule has 390 valence electrons. The molecule has 0 heterocycles. The van der Waals surface area contributed by atoms with E-state index in [2.05, 4.69) is 37.2 Å². The number of carbonyl (C=O) groups excluding carboxylic acids is 7.